The monoisotopic (exact) mass is 342 g/mol. The van der Waals surface area contributed by atoms with Crippen molar-refractivity contribution in [3.8, 4) is 0 Å². The number of rotatable bonds is 3. The molecule has 0 aliphatic rings. The first kappa shape index (κ1) is 14.0. The quantitative estimate of drug-likeness (QED) is 0.684. The lowest BCUT2D eigenvalue weighted by Gasteiger charge is -2.05. The molecular formula is C12H11BrN2O3S. The van der Waals surface area contributed by atoms with Gasteiger partial charge in [-0.05, 0) is 25.1 Å². The van der Waals surface area contributed by atoms with Gasteiger partial charge < -0.3 is 10.3 Å². The smallest absolute Gasteiger partial charge is 0.290 e. The minimum atomic E-state index is -0.453. The summed E-state index contributed by atoms with van der Waals surface area (Å²) in [5.41, 5.74) is 5.94. The summed E-state index contributed by atoms with van der Waals surface area (Å²) in [6, 6.07) is 6.67. The van der Waals surface area contributed by atoms with Crippen LogP contribution in [0.4, 0.5) is 5.69 Å². The van der Waals surface area contributed by atoms with Crippen LogP contribution in [0.2, 0.25) is 0 Å². The fraction of sp³-hybridized carbons (Fsp3) is 0.167. The largest absolute Gasteiger partial charge is 0.398 e. The maximum Gasteiger partial charge on any atom is 0.290 e. The molecule has 1 aromatic heterocycles. The number of anilines is 1. The van der Waals surface area contributed by atoms with Crippen molar-refractivity contribution in [1.82, 2.24) is 4.74 Å². The Morgan fingerprint density at radius 2 is 2.21 bits per heavy atom. The van der Waals surface area contributed by atoms with Crippen LogP contribution in [0.3, 0.4) is 0 Å². The molecule has 0 aliphatic carbocycles. The van der Waals surface area contributed by atoms with E-state index in [1.54, 1.807) is 13.0 Å². The summed E-state index contributed by atoms with van der Waals surface area (Å²) in [7, 11) is 0. The summed E-state index contributed by atoms with van der Waals surface area (Å²) in [5, 5.41) is 0. The fourth-order valence-corrected chi connectivity index (χ4v) is 2.81. The lowest BCUT2D eigenvalue weighted by molar-refractivity contribution is 0.0813. The van der Waals surface area contributed by atoms with Gasteiger partial charge in [0.05, 0.1) is 5.75 Å². The van der Waals surface area contributed by atoms with Crippen molar-refractivity contribution in [2.75, 3.05) is 11.5 Å². The second-order valence-electron chi connectivity index (χ2n) is 3.84. The molecule has 0 spiro atoms. The molecule has 1 heterocycles. The van der Waals surface area contributed by atoms with Crippen LogP contribution in [-0.4, -0.2) is 16.4 Å². The molecular weight excluding hydrogens is 332 g/mol. The average Bonchev–Trinajstić information content (AvgIpc) is 2.69. The van der Waals surface area contributed by atoms with Gasteiger partial charge in [0.25, 0.3) is 11.5 Å². The molecule has 0 fully saturated rings. The van der Waals surface area contributed by atoms with Gasteiger partial charge in [-0.25, -0.2) is 0 Å². The highest BCUT2D eigenvalue weighted by Gasteiger charge is 2.13. The lowest BCUT2D eigenvalue weighted by Crippen LogP contribution is -2.23. The molecule has 0 amide bonds. The van der Waals surface area contributed by atoms with Crippen LogP contribution in [0, 0.1) is 6.92 Å². The van der Waals surface area contributed by atoms with E-state index in [4.69, 9.17) is 10.3 Å². The summed E-state index contributed by atoms with van der Waals surface area (Å²) in [4.78, 5) is 24.0. The molecule has 0 saturated carbocycles. The van der Waals surface area contributed by atoms with E-state index in [0.29, 0.717) is 11.4 Å². The first-order valence-electron chi connectivity index (χ1n) is 5.38. The first-order chi connectivity index (χ1) is 8.97. The molecule has 2 N–H and O–H groups in total. The molecule has 0 atom stereocenters. The highest BCUT2D eigenvalue weighted by Crippen LogP contribution is 2.28. The predicted octanol–water partition coefficient (Wildman–Crippen LogP) is 2.53. The second-order valence-corrected chi connectivity index (χ2v) is 5.78. The topological polar surface area (TPSA) is 78.2 Å². The molecule has 19 heavy (non-hydrogen) atoms. The number of nitrogens with two attached hydrogens (primary N) is 1. The van der Waals surface area contributed by atoms with Crippen LogP contribution in [-0.2, 0) is 0 Å². The third kappa shape index (κ3) is 3.30. The minimum absolute atomic E-state index is 0.0769. The summed E-state index contributed by atoms with van der Waals surface area (Å²) in [6.45, 7) is 1.62. The van der Waals surface area contributed by atoms with Crippen molar-refractivity contribution in [3.63, 3.8) is 0 Å². The Morgan fingerprint density at radius 3 is 2.84 bits per heavy atom. The molecule has 0 radical (unpaired) electrons. The van der Waals surface area contributed by atoms with E-state index in [0.717, 1.165) is 14.1 Å². The van der Waals surface area contributed by atoms with Crippen LogP contribution < -0.4 is 11.3 Å². The number of nitrogens with zero attached hydrogens (tertiary/aromatic N) is 1. The molecule has 2 aromatic rings. The molecule has 2 rings (SSSR count). The normalized spacial score (nSPS) is 10.6. The van der Waals surface area contributed by atoms with E-state index in [2.05, 4.69) is 15.9 Å². The third-order valence-corrected chi connectivity index (χ3v) is 3.86. The number of thioether (sulfide) groups is 1. The van der Waals surface area contributed by atoms with Crippen LogP contribution >= 0.6 is 27.7 Å². The molecule has 0 saturated heterocycles. The van der Waals surface area contributed by atoms with Gasteiger partial charge in [0.1, 0.15) is 5.76 Å². The van der Waals surface area contributed by atoms with Gasteiger partial charge in [-0.1, -0.05) is 15.9 Å². The van der Waals surface area contributed by atoms with Gasteiger partial charge >= 0.3 is 0 Å². The van der Waals surface area contributed by atoms with Gasteiger partial charge in [0.2, 0.25) is 0 Å². The Hall–Kier alpha value is -1.47. The summed E-state index contributed by atoms with van der Waals surface area (Å²) < 4.78 is 6.66. The Morgan fingerprint density at radius 1 is 1.47 bits per heavy atom. The maximum atomic E-state index is 11.8. The predicted molar refractivity (Wildman–Crippen MR) is 77.6 cm³/mol. The van der Waals surface area contributed by atoms with Crippen molar-refractivity contribution in [2.24, 2.45) is 0 Å². The van der Waals surface area contributed by atoms with Crippen molar-refractivity contribution < 1.29 is 9.32 Å². The van der Waals surface area contributed by atoms with Gasteiger partial charge in [-0.3, -0.25) is 9.59 Å². The first-order valence-corrected chi connectivity index (χ1v) is 7.16. The molecule has 5 nitrogen and oxygen atoms in total. The lowest BCUT2D eigenvalue weighted by atomic mass is 10.3. The molecule has 100 valence electrons. The fourth-order valence-electron chi connectivity index (χ4n) is 1.45. The molecule has 0 bridgehead atoms. The number of hydrogen-bond donors (Lipinski definition) is 1. The van der Waals surface area contributed by atoms with E-state index in [9.17, 15) is 9.59 Å². The Balaban J connectivity index is 2.10. The number of carbonyl (C=O) groups excluding carboxylic acids is 1. The average molecular weight is 343 g/mol. The highest BCUT2D eigenvalue weighted by molar-refractivity contribution is 9.10. The zero-order valence-corrected chi connectivity index (χ0v) is 12.5. The number of carbonyl (C=O) groups is 1. The number of benzene rings is 1. The van der Waals surface area contributed by atoms with E-state index in [-0.39, 0.29) is 5.75 Å². The number of hydrogen-bond acceptors (Lipinski definition) is 5. The number of aromatic nitrogens is 1. The van der Waals surface area contributed by atoms with Gasteiger partial charge in [0.15, 0.2) is 0 Å². The van der Waals surface area contributed by atoms with Crippen LogP contribution in [0.5, 0.6) is 0 Å². The number of aryl methyl sites for hydroxylation is 1. The van der Waals surface area contributed by atoms with Gasteiger partial charge in [-0.15, -0.1) is 16.5 Å². The molecule has 7 heteroatoms. The second kappa shape index (κ2) is 5.66. The standard InChI is InChI=1S/C12H11BrN2O3S/c1-7-4-11(16)15(18-7)12(17)6-19-10-5-8(13)2-3-9(10)14/h2-5H,6,14H2,1H3. The molecule has 1 aromatic carbocycles. The SMILES string of the molecule is Cc1cc(=O)n(C(=O)CSc2cc(Br)ccc2N)o1. The summed E-state index contributed by atoms with van der Waals surface area (Å²) >= 11 is 4.59. The Bertz CT molecular complexity index is 678. The van der Waals surface area contributed by atoms with Gasteiger partial charge in [0, 0.05) is 21.1 Å². The molecule has 0 aliphatic heterocycles. The summed E-state index contributed by atoms with van der Waals surface area (Å²) in [5.74, 6) is 0.0702. The van der Waals surface area contributed by atoms with E-state index in [1.807, 2.05) is 12.1 Å². The van der Waals surface area contributed by atoms with Crippen molar-refractivity contribution in [3.05, 3.63) is 44.9 Å². The Kier molecular flexibility index (Phi) is 4.16. The summed E-state index contributed by atoms with van der Waals surface area (Å²) in [6.07, 6.45) is 0. The maximum absolute atomic E-state index is 11.8. The van der Waals surface area contributed by atoms with Crippen LogP contribution in [0.1, 0.15) is 10.6 Å². The number of halogens is 1. The zero-order valence-electron chi connectivity index (χ0n) is 10.1. The number of nitrogen functional groups attached to an aromatic ring is 1. The van der Waals surface area contributed by atoms with Crippen LogP contribution in [0.25, 0.3) is 0 Å². The minimum Gasteiger partial charge on any atom is -0.398 e. The van der Waals surface area contributed by atoms with E-state index < -0.39 is 11.5 Å². The molecule has 0 unspecified atom stereocenters. The van der Waals surface area contributed by atoms with Crippen molar-refractivity contribution >= 4 is 39.3 Å². The van der Waals surface area contributed by atoms with E-state index >= 15 is 0 Å². The van der Waals surface area contributed by atoms with Gasteiger partial charge in [-0.2, -0.15) is 0 Å². The van der Waals surface area contributed by atoms with Crippen molar-refractivity contribution in [2.45, 2.75) is 11.8 Å². The third-order valence-electron chi connectivity index (χ3n) is 2.32. The van der Waals surface area contributed by atoms with Crippen molar-refractivity contribution in [1.29, 1.82) is 0 Å². The van der Waals surface area contributed by atoms with Crippen LogP contribution in [0.15, 0.2) is 43.0 Å². The zero-order chi connectivity index (χ0) is 14.0. The Labute approximate surface area is 121 Å². The highest BCUT2D eigenvalue weighted by atomic mass is 79.9. The van der Waals surface area contributed by atoms with E-state index in [1.165, 1.54) is 17.8 Å².